The first-order valence-corrected chi connectivity index (χ1v) is 7.82. The number of likely N-dealkylation sites (tertiary alicyclic amines) is 1. The summed E-state index contributed by atoms with van der Waals surface area (Å²) in [5.41, 5.74) is 1.00. The van der Waals surface area contributed by atoms with Gasteiger partial charge in [-0.15, -0.1) is 0 Å². The molecule has 8 heteroatoms. The van der Waals surface area contributed by atoms with E-state index in [4.69, 9.17) is 5.14 Å². The molecule has 0 bridgehead atoms. The molecule has 1 fully saturated rings. The van der Waals surface area contributed by atoms with Crippen molar-refractivity contribution >= 4 is 15.9 Å². The van der Waals surface area contributed by atoms with Gasteiger partial charge in [0.05, 0.1) is 11.9 Å². The summed E-state index contributed by atoms with van der Waals surface area (Å²) in [6.07, 6.45) is 4.18. The number of aromatic nitrogens is 2. The van der Waals surface area contributed by atoms with Gasteiger partial charge in [0, 0.05) is 19.3 Å². The number of primary sulfonamides is 1. The quantitative estimate of drug-likeness (QED) is 0.793. The molecule has 1 aromatic heterocycles. The van der Waals surface area contributed by atoms with Crippen LogP contribution < -0.4 is 5.14 Å². The largest absolute Gasteiger partial charge is 0.341 e. The lowest BCUT2D eigenvalue weighted by atomic mass is 10.2. The minimum atomic E-state index is -3.47. The van der Waals surface area contributed by atoms with Crippen molar-refractivity contribution in [3.05, 3.63) is 18.0 Å². The molecule has 7 nitrogen and oxygen atoms in total. The molecular formula is C11H18N4O3S. The Bertz CT molecular complexity index is 566. The summed E-state index contributed by atoms with van der Waals surface area (Å²) in [5, 5.41) is 9.08. The average molecular weight is 286 g/mol. The van der Waals surface area contributed by atoms with Crippen molar-refractivity contribution in [1.29, 1.82) is 0 Å². The van der Waals surface area contributed by atoms with Gasteiger partial charge in [-0.25, -0.2) is 13.6 Å². The van der Waals surface area contributed by atoms with Crippen LogP contribution in [0, 0.1) is 12.8 Å². The van der Waals surface area contributed by atoms with E-state index in [1.807, 2.05) is 6.92 Å². The van der Waals surface area contributed by atoms with Gasteiger partial charge in [0.2, 0.25) is 15.9 Å². The van der Waals surface area contributed by atoms with Crippen LogP contribution in [0.2, 0.25) is 0 Å². The molecule has 1 amide bonds. The third kappa shape index (κ3) is 4.03. The molecule has 1 aliphatic rings. The van der Waals surface area contributed by atoms with E-state index in [2.05, 4.69) is 5.10 Å². The second kappa shape index (κ2) is 5.30. The first kappa shape index (κ1) is 14.0. The van der Waals surface area contributed by atoms with E-state index in [1.54, 1.807) is 22.0 Å². The standard InChI is InChI=1S/C11H18N4O3S/c1-9-4-13-15(5-9)7-11(16)14-3-2-10(6-14)8-19(12,17)18/h4-5,10H,2-3,6-8H2,1H3,(H2,12,17,18). The molecule has 106 valence electrons. The Morgan fingerprint density at radius 2 is 2.32 bits per heavy atom. The number of rotatable bonds is 4. The van der Waals surface area contributed by atoms with Crippen LogP contribution in [0.3, 0.4) is 0 Å². The van der Waals surface area contributed by atoms with E-state index in [9.17, 15) is 13.2 Å². The second-order valence-corrected chi connectivity index (χ2v) is 6.70. The van der Waals surface area contributed by atoms with Gasteiger partial charge in [0.1, 0.15) is 6.54 Å². The summed E-state index contributed by atoms with van der Waals surface area (Å²) in [7, 11) is -3.47. The lowest BCUT2D eigenvalue weighted by molar-refractivity contribution is -0.131. The molecule has 0 saturated carbocycles. The molecule has 1 aliphatic heterocycles. The third-order valence-electron chi connectivity index (χ3n) is 3.17. The highest BCUT2D eigenvalue weighted by Crippen LogP contribution is 2.17. The SMILES string of the molecule is Cc1cnn(CC(=O)N2CCC(CS(N)(=O)=O)C2)c1. The van der Waals surface area contributed by atoms with Crippen LogP contribution in [0.1, 0.15) is 12.0 Å². The molecule has 2 heterocycles. The van der Waals surface area contributed by atoms with E-state index in [1.165, 1.54) is 0 Å². The van der Waals surface area contributed by atoms with Crippen LogP contribution in [-0.4, -0.2) is 47.8 Å². The van der Waals surface area contributed by atoms with Crippen molar-refractivity contribution in [2.24, 2.45) is 11.1 Å². The van der Waals surface area contributed by atoms with Gasteiger partial charge in [-0.1, -0.05) is 0 Å². The van der Waals surface area contributed by atoms with Crippen LogP contribution >= 0.6 is 0 Å². The lowest BCUT2D eigenvalue weighted by Gasteiger charge is -2.16. The van der Waals surface area contributed by atoms with Crippen LogP contribution in [0.5, 0.6) is 0 Å². The fourth-order valence-electron chi connectivity index (χ4n) is 2.32. The van der Waals surface area contributed by atoms with Crippen molar-refractivity contribution in [3.63, 3.8) is 0 Å². The number of amides is 1. The van der Waals surface area contributed by atoms with Crippen LogP contribution in [0.15, 0.2) is 12.4 Å². The second-order valence-electron chi connectivity index (χ2n) is 5.04. The van der Waals surface area contributed by atoms with E-state index >= 15 is 0 Å². The number of carbonyl (C=O) groups is 1. The van der Waals surface area contributed by atoms with Crippen molar-refractivity contribution in [3.8, 4) is 0 Å². The molecular weight excluding hydrogens is 268 g/mol. The first-order chi connectivity index (χ1) is 8.83. The number of nitrogens with zero attached hydrogens (tertiary/aromatic N) is 3. The maximum Gasteiger partial charge on any atom is 0.244 e. The Hall–Kier alpha value is -1.41. The number of sulfonamides is 1. The Balaban J connectivity index is 1.88. The average Bonchev–Trinajstić information content (AvgIpc) is 2.85. The Morgan fingerprint density at radius 3 is 2.89 bits per heavy atom. The van der Waals surface area contributed by atoms with Gasteiger partial charge >= 0.3 is 0 Å². The maximum absolute atomic E-state index is 12.0. The molecule has 0 spiro atoms. The topological polar surface area (TPSA) is 98.3 Å². The van der Waals surface area contributed by atoms with E-state index in [0.29, 0.717) is 19.5 Å². The maximum atomic E-state index is 12.0. The number of hydrogen-bond donors (Lipinski definition) is 1. The van der Waals surface area contributed by atoms with E-state index in [0.717, 1.165) is 5.56 Å². The molecule has 19 heavy (non-hydrogen) atoms. The Labute approximate surface area is 112 Å². The minimum Gasteiger partial charge on any atom is -0.341 e. The summed E-state index contributed by atoms with van der Waals surface area (Å²) < 4.78 is 23.6. The summed E-state index contributed by atoms with van der Waals surface area (Å²) in [6.45, 7) is 3.14. The van der Waals surface area contributed by atoms with Gasteiger partial charge in [-0.3, -0.25) is 9.48 Å². The van der Waals surface area contributed by atoms with Gasteiger partial charge in [0.15, 0.2) is 0 Å². The monoisotopic (exact) mass is 286 g/mol. The summed E-state index contributed by atoms with van der Waals surface area (Å²) in [5.74, 6) is -0.157. The number of nitrogens with two attached hydrogens (primary N) is 1. The van der Waals surface area contributed by atoms with Crippen LogP contribution in [-0.2, 0) is 21.4 Å². The van der Waals surface area contributed by atoms with E-state index < -0.39 is 10.0 Å². The van der Waals surface area contributed by atoms with Crippen molar-refractivity contribution in [2.75, 3.05) is 18.8 Å². The van der Waals surface area contributed by atoms with Gasteiger partial charge < -0.3 is 4.90 Å². The van der Waals surface area contributed by atoms with Crippen molar-refractivity contribution in [1.82, 2.24) is 14.7 Å². The highest BCUT2D eigenvalue weighted by atomic mass is 32.2. The van der Waals surface area contributed by atoms with Crippen molar-refractivity contribution < 1.29 is 13.2 Å². The molecule has 1 aromatic rings. The smallest absolute Gasteiger partial charge is 0.244 e. The van der Waals surface area contributed by atoms with Crippen molar-refractivity contribution in [2.45, 2.75) is 19.9 Å². The fraction of sp³-hybridized carbons (Fsp3) is 0.636. The van der Waals surface area contributed by atoms with Gasteiger partial charge in [0.25, 0.3) is 0 Å². The minimum absolute atomic E-state index is 0.0416. The molecule has 2 rings (SSSR count). The van der Waals surface area contributed by atoms with Gasteiger partial charge in [-0.05, 0) is 24.8 Å². The zero-order valence-electron chi connectivity index (χ0n) is 10.8. The zero-order valence-corrected chi connectivity index (χ0v) is 11.6. The predicted octanol–water partition coefficient (Wildman–Crippen LogP) is -0.671. The predicted molar refractivity (Wildman–Crippen MR) is 69.6 cm³/mol. The third-order valence-corrected chi connectivity index (χ3v) is 4.10. The fourth-order valence-corrected chi connectivity index (χ4v) is 3.24. The van der Waals surface area contributed by atoms with Gasteiger partial charge in [-0.2, -0.15) is 5.10 Å². The molecule has 0 radical (unpaired) electrons. The van der Waals surface area contributed by atoms with Crippen LogP contribution in [0.4, 0.5) is 0 Å². The molecule has 1 atom stereocenters. The molecule has 0 aromatic carbocycles. The molecule has 0 aliphatic carbocycles. The molecule has 2 N–H and O–H groups in total. The Morgan fingerprint density at radius 1 is 1.58 bits per heavy atom. The Kier molecular flexibility index (Phi) is 3.91. The van der Waals surface area contributed by atoms with Crippen LogP contribution in [0.25, 0.3) is 0 Å². The highest BCUT2D eigenvalue weighted by Gasteiger charge is 2.28. The normalized spacial score (nSPS) is 19.9. The first-order valence-electron chi connectivity index (χ1n) is 6.11. The lowest BCUT2D eigenvalue weighted by Crippen LogP contribution is -2.33. The number of hydrogen-bond acceptors (Lipinski definition) is 4. The molecule has 1 unspecified atom stereocenters. The molecule has 1 saturated heterocycles. The van der Waals surface area contributed by atoms with E-state index in [-0.39, 0.29) is 24.1 Å². The number of carbonyl (C=O) groups excluding carboxylic acids is 1. The summed E-state index contributed by atoms with van der Waals surface area (Å²) in [6, 6.07) is 0. The summed E-state index contributed by atoms with van der Waals surface area (Å²) in [4.78, 5) is 13.7. The zero-order chi connectivity index (χ0) is 14.0. The summed E-state index contributed by atoms with van der Waals surface area (Å²) >= 11 is 0. The number of aryl methyl sites for hydroxylation is 1. The highest BCUT2D eigenvalue weighted by molar-refractivity contribution is 7.89.